The van der Waals surface area contributed by atoms with Gasteiger partial charge in [0.1, 0.15) is 0 Å². The number of carboxylic acid groups (broad SMARTS) is 1. The Balaban J connectivity index is 2.12. The zero-order chi connectivity index (χ0) is 14.5. The summed E-state index contributed by atoms with van der Waals surface area (Å²) in [4.78, 5) is 26.3. The monoisotopic (exact) mass is 281 g/mol. The molecule has 0 radical (unpaired) electrons. The summed E-state index contributed by atoms with van der Waals surface area (Å²) in [5.74, 6) is -1.41. The molecule has 1 amide bonds. The van der Waals surface area contributed by atoms with Gasteiger partial charge < -0.3 is 10.0 Å². The van der Waals surface area contributed by atoms with Gasteiger partial charge in [-0.25, -0.2) is 0 Å². The van der Waals surface area contributed by atoms with E-state index in [1.54, 1.807) is 0 Å². The third kappa shape index (κ3) is 3.33. The number of carbonyl (C=O) groups excluding carboxylic acids is 1. The number of aliphatic carboxylic acids is 1. The SMILES string of the molecule is CCC1CCCCCN1C(=O)[C@@H]1CCCC[C@@H]1C(=O)O. The normalized spacial score (nSPS) is 31.6. The van der Waals surface area contributed by atoms with E-state index in [0.717, 1.165) is 45.1 Å². The standard InChI is InChI=1S/C16H27NO3/c1-2-12-8-4-3-7-11-17(12)15(18)13-9-5-6-10-14(13)16(19)20/h12-14H,2-11H2,1H3,(H,19,20)/t12?,13-,14+/m1/s1. The van der Waals surface area contributed by atoms with Gasteiger partial charge in [-0.2, -0.15) is 0 Å². The summed E-state index contributed by atoms with van der Waals surface area (Å²) in [5.41, 5.74) is 0. The number of rotatable bonds is 3. The summed E-state index contributed by atoms with van der Waals surface area (Å²) in [6.45, 7) is 2.95. The molecule has 0 aromatic rings. The molecule has 2 rings (SSSR count). The number of hydrogen-bond acceptors (Lipinski definition) is 2. The smallest absolute Gasteiger partial charge is 0.307 e. The number of likely N-dealkylation sites (tertiary alicyclic amines) is 1. The maximum Gasteiger partial charge on any atom is 0.307 e. The molecule has 0 spiro atoms. The largest absolute Gasteiger partial charge is 0.481 e. The molecule has 1 aliphatic carbocycles. The molecule has 1 saturated heterocycles. The Bertz CT molecular complexity index is 356. The summed E-state index contributed by atoms with van der Waals surface area (Å²) in [6.07, 6.45) is 8.85. The first-order valence-corrected chi connectivity index (χ1v) is 8.18. The third-order valence-corrected chi connectivity index (χ3v) is 5.03. The van der Waals surface area contributed by atoms with E-state index in [1.165, 1.54) is 12.8 Å². The van der Waals surface area contributed by atoms with E-state index in [2.05, 4.69) is 6.92 Å². The zero-order valence-corrected chi connectivity index (χ0v) is 12.5. The molecule has 114 valence electrons. The van der Waals surface area contributed by atoms with Crippen LogP contribution in [-0.2, 0) is 9.59 Å². The summed E-state index contributed by atoms with van der Waals surface area (Å²) < 4.78 is 0. The van der Waals surface area contributed by atoms with E-state index in [4.69, 9.17) is 0 Å². The molecule has 4 nitrogen and oxygen atoms in total. The van der Waals surface area contributed by atoms with Crippen LogP contribution in [0.2, 0.25) is 0 Å². The molecule has 0 aromatic heterocycles. The van der Waals surface area contributed by atoms with Gasteiger partial charge in [-0.05, 0) is 32.1 Å². The van der Waals surface area contributed by atoms with Crippen LogP contribution in [0.15, 0.2) is 0 Å². The van der Waals surface area contributed by atoms with Crippen molar-refractivity contribution in [1.29, 1.82) is 0 Å². The highest BCUT2D eigenvalue weighted by Gasteiger charge is 2.39. The van der Waals surface area contributed by atoms with Gasteiger partial charge in [0.2, 0.25) is 5.91 Å². The van der Waals surface area contributed by atoms with Crippen LogP contribution in [0.1, 0.15) is 64.7 Å². The van der Waals surface area contributed by atoms with E-state index >= 15 is 0 Å². The lowest BCUT2D eigenvalue weighted by molar-refractivity contribution is -0.153. The van der Waals surface area contributed by atoms with Crippen LogP contribution in [0.5, 0.6) is 0 Å². The molecule has 1 saturated carbocycles. The number of nitrogens with zero attached hydrogens (tertiary/aromatic N) is 1. The second kappa shape index (κ2) is 7.09. The zero-order valence-electron chi connectivity index (χ0n) is 12.5. The van der Waals surface area contributed by atoms with Crippen LogP contribution in [-0.4, -0.2) is 34.5 Å². The molecular formula is C16H27NO3. The van der Waals surface area contributed by atoms with Crippen molar-refractivity contribution in [3.63, 3.8) is 0 Å². The quantitative estimate of drug-likeness (QED) is 0.865. The summed E-state index contributed by atoms with van der Waals surface area (Å²) in [5, 5.41) is 9.36. The Labute approximate surface area is 121 Å². The summed E-state index contributed by atoms with van der Waals surface area (Å²) >= 11 is 0. The minimum atomic E-state index is -0.786. The van der Waals surface area contributed by atoms with Crippen molar-refractivity contribution in [3.05, 3.63) is 0 Å². The average Bonchev–Trinajstić information content (AvgIpc) is 2.71. The van der Waals surface area contributed by atoms with Gasteiger partial charge >= 0.3 is 5.97 Å². The molecule has 3 atom stereocenters. The lowest BCUT2D eigenvalue weighted by Crippen LogP contribution is -2.47. The van der Waals surface area contributed by atoms with Gasteiger partial charge in [0, 0.05) is 12.6 Å². The summed E-state index contributed by atoms with van der Waals surface area (Å²) in [6, 6.07) is 0.321. The van der Waals surface area contributed by atoms with E-state index in [1.807, 2.05) is 4.90 Å². The van der Waals surface area contributed by atoms with E-state index < -0.39 is 11.9 Å². The number of amides is 1. The van der Waals surface area contributed by atoms with Crippen molar-refractivity contribution in [2.45, 2.75) is 70.8 Å². The molecular weight excluding hydrogens is 254 g/mol. The highest BCUT2D eigenvalue weighted by molar-refractivity contribution is 5.85. The summed E-state index contributed by atoms with van der Waals surface area (Å²) in [7, 11) is 0. The Kier molecular flexibility index (Phi) is 5.44. The van der Waals surface area contributed by atoms with Crippen molar-refractivity contribution >= 4 is 11.9 Å². The lowest BCUT2D eigenvalue weighted by Gasteiger charge is -2.36. The topological polar surface area (TPSA) is 57.6 Å². The molecule has 2 fully saturated rings. The fraction of sp³-hybridized carbons (Fsp3) is 0.875. The third-order valence-electron chi connectivity index (χ3n) is 5.03. The van der Waals surface area contributed by atoms with Gasteiger partial charge in [-0.15, -0.1) is 0 Å². The second-order valence-corrected chi connectivity index (χ2v) is 6.28. The first-order valence-electron chi connectivity index (χ1n) is 8.18. The Morgan fingerprint density at radius 1 is 1.00 bits per heavy atom. The highest BCUT2D eigenvalue weighted by Crippen LogP contribution is 2.33. The fourth-order valence-corrected chi connectivity index (χ4v) is 3.83. The van der Waals surface area contributed by atoms with Gasteiger partial charge in [-0.3, -0.25) is 9.59 Å². The number of carbonyl (C=O) groups is 2. The molecule has 1 heterocycles. The molecule has 4 heteroatoms. The van der Waals surface area contributed by atoms with Crippen LogP contribution in [0, 0.1) is 11.8 Å². The lowest BCUT2D eigenvalue weighted by atomic mass is 9.78. The van der Waals surface area contributed by atoms with Crippen LogP contribution < -0.4 is 0 Å². The average molecular weight is 281 g/mol. The molecule has 0 aromatic carbocycles. The first kappa shape index (κ1) is 15.3. The Morgan fingerprint density at radius 2 is 1.65 bits per heavy atom. The molecule has 1 unspecified atom stereocenters. The minimum Gasteiger partial charge on any atom is -0.481 e. The van der Waals surface area contributed by atoms with E-state index in [9.17, 15) is 14.7 Å². The maximum absolute atomic E-state index is 12.9. The predicted octanol–water partition coefficient (Wildman–Crippen LogP) is 3.06. The van der Waals surface area contributed by atoms with Gasteiger partial charge in [0.15, 0.2) is 0 Å². The molecule has 1 aliphatic heterocycles. The van der Waals surface area contributed by atoms with Crippen LogP contribution in [0.25, 0.3) is 0 Å². The predicted molar refractivity (Wildman–Crippen MR) is 77.3 cm³/mol. The molecule has 1 N–H and O–H groups in total. The van der Waals surface area contributed by atoms with Crippen LogP contribution in [0.4, 0.5) is 0 Å². The maximum atomic E-state index is 12.9. The van der Waals surface area contributed by atoms with Crippen LogP contribution in [0.3, 0.4) is 0 Å². The van der Waals surface area contributed by atoms with Crippen molar-refractivity contribution in [3.8, 4) is 0 Å². The molecule has 0 bridgehead atoms. The minimum absolute atomic E-state index is 0.117. The van der Waals surface area contributed by atoms with Gasteiger partial charge in [0.25, 0.3) is 0 Å². The number of hydrogen-bond donors (Lipinski definition) is 1. The van der Waals surface area contributed by atoms with Crippen molar-refractivity contribution in [1.82, 2.24) is 4.90 Å². The van der Waals surface area contributed by atoms with Crippen molar-refractivity contribution < 1.29 is 14.7 Å². The van der Waals surface area contributed by atoms with Crippen LogP contribution >= 0.6 is 0 Å². The van der Waals surface area contributed by atoms with Gasteiger partial charge in [-0.1, -0.05) is 32.6 Å². The van der Waals surface area contributed by atoms with E-state index in [-0.39, 0.29) is 11.8 Å². The Morgan fingerprint density at radius 3 is 2.30 bits per heavy atom. The number of carboxylic acids is 1. The fourth-order valence-electron chi connectivity index (χ4n) is 3.83. The van der Waals surface area contributed by atoms with Gasteiger partial charge in [0.05, 0.1) is 11.8 Å². The van der Waals surface area contributed by atoms with E-state index in [0.29, 0.717) is 12.5 Å². The second-order valence-electron chi connectivity index (χ2n) is 6.28. The van der Waals surface area contributed by atoms with Crippen molar-refractivity contribution in [2.24, 2.45) is 11.8 Å². The first-order chi connectivity index (χ1) is 9.65. The molecule has 2 aliphatic rings. The Hall–Kier alpha value is -1.06. The highest BCUT2D eigenvalue weighted by atomic mass is 16.4. The molecule has 20 heavy (non-hydrogen) atoms. The van der Waals surface area contributed by atoms with Crippen molar-refractivity contribution in [2.75, 3.05) is 6.54 Å².